The van der Waals surface area contributed by atoms with Crippen molar-refractivity contribution < 1.29 is 13.9 Å². The Morgan fingerprint density at radius 3 is 2.89 bits per heavy atom. The van der Waals surface area contributed by atoms with Gasteiger partial charge in [0.25, 0.3) is 0 Å². The molecule has 0 heterocycles. The molecule has 0 aliphatic heterocycles. The van der Waals surface area contributed by atoms with E-state index in [0.29, 0.717) is 18.8 Å². The third kappa shape index (κ3) is 2.89. The summed E-state index contributed by atoms with van der Waals surface area (Å²) >= 11 is 0. The minimum Gasteiger partial charge on any atom is -0.390 e. The second kappa shape index (κ2) is 5.35. The summed E-state index contributed by atoms with van der Waals surface area (Å²) in [5.41, 5.74) is -0.581. The first-order valence-corrected chi connectivity index (χ1v) is 6.69. The van der Waals surface area contributed by atoms with Crippen LogP contribution in [0.4, 0.5) is 8.78 Å². The van der Waals surface area contributed by atoms with Crippen LogP contribution in [0, 0.1) is 17.6 Å². The summed E-state index contributed by atoms with van der Waals surface area (Å²) in [6.07, 6.45) is 4.72. The summed E-state index contributed by atoms with van der Waals surface area (Å²) in [7, 11) is 0. The van der Waals surface area contributed by atoms with E-state index in [1.807, 2.05) is 0 Å². The summed E-state index contributed by atoms with van der Waals surface area (Å²) in [6, 6.07) is 4.17. The number of aliphatic hydroxyl groups is 1. The van der Waals surface area contributed by atoms with Crippen LogP contribution < -0.4 is 0 Å². The van der Waals surface area contributed by atoms with Crippen LogP contribution in [0.1, 0.15) is 44.6 Å². The van der Waals surface area contributed by atoms with Gasteiger partial charge < -0.3 is 5.11 Å². The van der Waals surface area contributed by atoms with Gasteiger partial charge in [-0.3, -0.25) is 0 Å². The first kappa shape index (κ1) is 13.5. The molecule has 1 N–H and O–H groups in total. The fraction of sp³-hybridized carbons (Fsp3) is 0.600. The van der Waals surface area contributed by atoms with Crippen LogP contribution in [0.5, 0.6) is 0 Å². The van der Waals surface area contributed by atoms with Crippen molar-refractivity contribution in [3.05, 3.63) is 35.4 Å². The van der Waals surface area contributed by atoms with E-state index in [2.05, 4.69) is 6.92 Å². The van der Waals surface area contributed by atoms with Gasteiger partial charge in [-0.15, -0.1) is 0 Å². The number of benzene rings is 1. The van der Waals surface area contributed by atoms with Gasteiger partial charge in [-0.05, 0) is 30.4 Å². The molecule has 1 aromatic carbocycles. The van der Waals surface area contributed by atoms with Crippen molar-refractivity contribution >= 4 is 0 Å². The van der Waals surface area contributed by atoms with Gasteiger partial charge >= 0.3 is 0 Å². The normalized spacial score (nSPS) is 28.3. The maximum absolute atomic E-state index is 13.6. The third-order valence-electron chi connectivity index (χ3n) is 4.05. The molecular formula is C15H20F2O. The molecular weight excluding hydrogens is 234 g/mol. The van der Waals surface area contributed by atoms with E-state index < -0.39 is 17.2 Å². The van der Waals surface area contributed by atoms with E-state index in [-0.39, 0.29) is 12.0 Å². The van der Waals surface area contributed by atoms with E-state index >= 15 is 0 Å². The largest absolute Gasteiger partial charge is 0.390 e. The van der Waals surface area contributed by atoms with E-state index in [4.69, 9.17) is 0 Å². The lowest BCUT2D eigenvalue weighted by Crippen LogP contribution is -2.37. The van der Waals surface area contributed by atoms with Crippen molar-refractivity contribution in [2.75, 3.05) is 0 Å². The van der Waals surface area contributed by atoms with E-state index in [0.717, 1.165) is 25.3 Å². The molecule has 100 valence electrons. The fourth-order valence-corrected chi connectivity index (χ4v) is 3.01. The highest BCUT2D eigenvalue weighted by molar-refractivity contribution is 5.21. The van der Waals surface area contributed by atoms with Crippen LogP contribution in [0.2, 0.25) is 0 Å². The Balaban J connectivity index is 2.14. The fourth-order valence-electron chi connectivity index (χ4n) is 3.01. The van der Waals surface area contributed by atoms with Crippen LogP contribution in [0.3, 0.4) is 0 Å². The molecule has 0 aromatic heterocycles. The van der Waals surface area contributed by atoms with E-state index in [1.165, 1.54) is 6.07 Å². The lowest BCUT2D eigenvalue weighted by Gasteiger charge is -2.36. The SMILES string of the molecule is CCC1CCCC(O)(Cc2cccc(F)c2F)C1. The average molecular weight is 254 g/mol. The van der Waals surface area contributed by atoms with E-state index in [9.17, 15) is 13.9 Å². The molecule has 2 atom stereocenters. The minimum absolute atomic E-state index is 0.215. The van der Waals surface area contributed by atoms with Crippen molar-refractivity contribution in [3.8, 4) is 0 Å². The van der Waals surface area contributed by atoms with Crippen LogP contribution >= 0.6 is 0 Å². The summed E-state index contributed by atoms with van der Waals surface area (Å²) in [5, 5.41) is 10.6. The van der Waals surface area contributed by atoms with Gasteiger partial charge in [-0.2, -0.15) is 0 Å². The molecule has 2 unspecified atom stereocenters. The summed E-state index contributed by atoms with van der Waals surface area (Å²) in [6.45, 7) is 2.11. The van der Waals surface area contributed by atoms with Crippen LogP contribution in [-0.4, -0.2) is 10.7 Å². The highest BCUT2D eigenvalue weighted by Gasteiger charge is 2.34. The second-order valence-corrected chi connectivity index (χ2v) is 5.48. The molecule has 0 bridgehead atoms. The number of hydrogen-bond acceptors (Lipinski definition) is 1. The Labute approximate surface area is 107 Å². The van der Waals surface area contributed by atoms with Crippen molar-refractivity contribution in [1.82, 2.24) is 0 Å². The number of halogens is 2. The minimum atomic E-state index is -0.867. The Bertz CT molecular complexity index is 419. The zero-order chi connectivity index (χ0) is 13.2. The molecule has 1 fully saturated rings. The quantitative estimate of drug-likeness (QED) is 0.869. The molecule has 0 saturated heterocycles. The molecule has 0 spiro atoms. The molecule has 1 aliphatic rings. The first-order chi connectivity index (χ1) is 8.54. The van der Waals surface area contributed by atoms with Crippen molar-refractivity contribution in [1.29, 1.82) is 0 Å². The van der Waals surface area contributed by atoms with E-state index in [1.54, 1.807) is 6.07 Å². The lowest BCUT2D eigenvalue weighted by atomic mass is 9.74. The van der Waals surface area contributed by atoms with Gasteiger partial charge in [0.15, 0.2) is 11.6 Å². The third-order valence-corrected chi connectivity index (χ3v) is 4.05. The predicted octanol–water partition coefficient (Wildman–Crippen LogP) is 3.84. The molecule has 1 nitrogen and oxygen atoms in total. The topological polar surface area (TPSA) is 20.2 Å². The van der Waals surface area contributed by atoms with Gasteiger partial charge in [-0.25, -0.2) is 8.78 Å². The van der Waals surface area contributed by atoms with Gasteiger partial charge in [0, 0.05) is 6.42 Å². The lowest BCUT2D eigenvalue weighted by molar-refractivity contribution is -0.0168. The highest BCUT2D eigenvalue weighted by atomic mass is 19.2. The Kier molecular flexibility index (Phi) is 4.00. The standard InChI is InChI=1S/C15H20F2O/c1-2-11-5-4-8-15(18,9-11)10-12-6-3-7-13(16)14(12)17/h3,6-7,11,18H,2,4-5,8-10H2,1H3. The first-order valence-electron chi connectivity index (χ1n) is 6.69. The zero-order valence-electron chi connectivity index (χ0n) is 10.8. The molecule has 2 rings (SSSR count). The molecule has 1 aliphatic carbocycles. The van der Waals surface area contributed by atoms with Crippen LogP contribution in [0.25, 0.3) is 0 Å². The Morgan fingerprint density at radius 1 is 1.39 bits per heavy atom. The number of hydrogen-bond donors (Lipinski definition) is 1. The van der Waals surface area contributed by atoms with Crippen molar-refractivity contribution in [2.45, 2.75) is 51.0 Å². The van der Waals surface area contributed by atoms with Crippen molar-refractivity contribution in [3.63, 3.8) is 0 Å². The van der Waals surface area contributed by atoms with Gasteiger partial charge in [0.2, 0.25) is 0 Å². The number of rotatable bonds is 3. The Hall–Kier alpha value is -0.960. The monoisotopic (exact) mass is 254 g/mol. The zero-order valence-corrected chi connectivity index (χ0v) is 10.8. The molecule has 0 amide bonds. The van der Waals surface area contributed by atoms with Gasteiger partial charge in [0.05, 0.1) is 5.60 Å². The predicted molar refractivity (Wildman–Crippen MR) is 67.3 cm³/mol. The molecule has 3 heteroatoms. The average Bonchev–Trinajstić information content (AvgIpc) is 2.35. The molecule has 18 heavy (non-hydrogen) atoms. The Morgan fingerprint density at radius 2 is 2.17 bits per heavy atom. The van der Waals surface area contributed by atoms with Crippen molar-refractivity contribution in [2.24, 2.45) is 5.92 Å². The summed E-state index contributed by atoms with van der Waals surface area (Å²) < 4.78 is 26.8. The van der Waals surface area contributed by atoms with Crippen LogP contribution in [0.15, 0.2) is 18.2 Å². The molecule has 1 saturated carbocycles. The summed E-state index contributed by atoms with van der Waals surface area (Å²) in [5.74, 6) is -1.15. The highest BCUT2D eigenvalue weighted by Crippen LogP contribution is 2.36. The second-order valence-electron chi connectivity index (χ2n) is 5.48. The van der Waals surface area contributed by atoms with Gasteiger partial charge in [0.1, 0.15) is 0 Å². The smallest absolute Gasteiger partial charge is 0.162 e. The van der Waals surface area contributed by atoms with Gasteiger partial charge in [-0.1, -0.05) is 38.3 Å². The maximum Gasteiger partial charge on any atom is 0.162 e. The maximum atomic E-state index is 13.6. The van der Waals surface area contributed by atoms with Crippen LogP contribution in [-0.2, 0) is 6.42 Å². The summed E-state index contributed by atoms with van der Waals surface area (Å²) in [4.78, 5) is 0. The molecule has 1 aromatic rings. The molecule has 0 radical (unpaired) electrons.